The van der Waals surface area contributed by atoms with Crippen molar-refractivity contribution < 1.29 is 14.0 Å². The van der Waals surface area contributed by atoms with Gasteiger partial charge in [-0.05, 0) is 43.6 Å². The van der Waals surface area contributed by atoms with Crippen molar-refractivity contribution >= 4 is 11.6 Å². The molecule has 0 unspecified atom stereocenters. The highest BCUT2D eigenvalue weighted by molar-refractivity contribution is 6.32. The summed E-state index contributed by atoms with van der Waals surface area (Å²) in [5.74, 6) is 4.85. The Morgan fingerprint density at radius 1 is 1.29 bits per heavy atom. The Labute approximate surface area is 189 Å². The van der Waals surface area contributed by atoms with Crippen LogP contribution < -0.4 is 14.8 Å². The summed E-state index contributed by atoms with van der Waals surface area (Å²) in [6.07, 6.45) is 9.46. The molecule has 2 aromatic rings. The van der Waals surface area contributed by atoms with E-state index < -0.39 is 0 Å². The molecule has 1 N–H and O–H groups in total. The Morgan fingerprint density at radius 3 is 2.68 bits per heavy atom. The first-order valence-corrected chi connectivity index (χ1v) is 11.2. The number of halogens is 1. The molecule has 31 heavy (non-hydrogen) atoms. The summed E-state index contributed by atoms with van der Waals surface area (Å²) < 4.78 is 16.6. The third-order valence-electron chi connectivity index (χ3n) is 5.83. The highest BCUT2D eigenvalue weighted by Gasteiger charge is 2.39. The van der Waals surface area contributed by atoms with Crippen molar-refractivity contribution in [2.45, 2.75) is 58.2 Å². The van der Waals surface area contributed by atoms with Gasteiger partial charge in [0.2, 0.25) is 5.89 Å². The van der Waals surface area contributed by atoms with Crippen molar-refractivity contribution in [1.29, 1.82) is 0 Å². The lowest BCUT2D eigenvalue weighted by Gasteiger charge is -2.27. The van der Waals surface area contributed by atoms with Gasteiger partial charge in [0.25, 0.3) is 0 Å². The number of nitrogens with one attached hydrogen (secondary N) is 1. The van der Waals surface area contributed by atoms with E-state index in [1.807, 2.05) is 12.1 Å². The summed E-state index contributed by atoms with van der Waals surface area (Å²) >= 11 is 6.43. The SMILES string of the molecule is C#CCOc1c(Cl)cc(CNC2(c3noc(CN(CC)CC)n3)CCCC2)cc1OC. The van der Waals surface area contributed by atoms with Gasteiger partial charge in [-0.25, -0.2) is 0 Å². The quantitative estimate of drug-likeness (QED) is 0.520. The molecule has 0 atom stereocenters. The van der Waals surface area contributed by atoms with Crippen LogP contribution in [-0.2, 0) is 18.6 Å². The predicted octanol–water partition coefficient (Wildman–Crippen LogP) is 4.14. The van der Waals surface area contributed by atoms with Gasteiger partial charge < -0.3 is 19.3 Å². The van der Waals surface area contributed by atoms with Crippen LogP contribution in [0.1, 0.15) is 56.8 Å². The van der Waals surface area contributed by atoms with Gasteiger partial charge in [0.1, 0.15) is 6.61 Å². The molecule has 0 bridgehead atoms. The van der Waals surface area contributed by atoms with Gasteiger partial charge in [-0.3, -0.25) is 4.90 Å². The number of benzene rings is 1. The Hall–Kier alpha value is -2.27. The standard InChI is InChI=1S/C23H31ClN4O3/c1-5-12-30-21-18(24)13-17(14-19(21)29-4)15-25-23(10-8-9-11-23)22-26-20(31-27-22)16-28(6-2)7-3/h1,13-14,25H,6-12,15-16H2,2-4H3. The number of aromatic nitrogens is 2. The minimum absolute atomic E-state index is 0.129. The zero-order valence-electron chi connectivity index (χ0n) is 18.5. The maximum absolute atomic E-state index is 6.43. The molecule has 1 heterocycles. The molecule has 8 heteroatoms. The molecular formula is C23H31ClN4O3. The van der Waals surface area contributed by atoms with E-state index >= 15 is 0 Å². The molecule has 1 aliphatic carbocycles. The van der Waals surface area contributed by atoms with Crippen LogP contribution in [0.3, 0.4) is 0 Å². The summed E-state index contributed by atoms with van der Waals surface area (Å²) in [7, 11) is 1.58. The molecule has 7 nitrogen and oxygen atoms in total. The first-order chi connectivity index (χ1) is 15.0. The fourth-order valence-electron chi connectivity index (χ4n) is 4.01. The molecule has 0 saturated heterocycles. The minimum Gasteiger partial charge on any atom is -0.493 e. The van der Waals surface area contributed by atoms with Crippen LogP contribution in [0.2, 0.25) is 5.02 Å². The second kappa shape index (κ2) is 10.9. The van der Waals surface area contributed by atoms with E-state index in [9.17, 15) is 0 Å². The highest BCUT2D eigenvalue weighted by Crippen LogP contribution is 2.39. The smallest absolute Gasteiger partial charge is 0.240 e. The van der Waals surface area contributed by atoms with Gasteiger partial charge in [0.05, 0.1) is 24.2 Å². The molecule has 1 aliphatic rings. The van der Waals surface area contributed by atoms with E-state index in [4.69, 9.17) is 37.0 Å². The number of hydrogen-bond donors (Lipinski definition) is 1. The van der Waals surface area contributed by atoms with Gasteiger partial charge in [0.15, 0.2) is 17.3 Å². The Morgan fingerprint density at radius 2 is 2.03 bits per heavy atom. The largest absolute Gasteiger partial charge is 0.493 e. The monoisotopic (exact) mass is 446 g/mol. The molecule has 0 radical (unpaired) electrons. The summed E-state index contributed by atoms with van der Waals surface area (Å²) in [5.41, 5.74) is 0.677. The van der Waals surface area contributed by atoms with E-state index in [0.29, 0.717) is 35.5 Å². The van der Waals surface area contributed by atoms with Gasteiger partial charge in [-0.2, -0.15) is 4.98 Å². The highest BCUT2D eigenvalue weighted by atomic mass is 35.5. The van der Waals surface area contributed by atoms with Crippen molar-refractivity contribution in [2.75, 3.05) is 26.8 Å². The van der Waals surface area contributed by atoms with Crippen molar-refractivity contribution in [1.82, 2.24) is 20.4 Å². The Balaban J connectivity index is 1.76. The lowest BCUT2D eigenvalue weighted by Crippen LogP contribution is -2.40. The van der Waals surface area contributed by atoms with E-state index in [2.05, 4.69) is 35.1 Å². The van der Waals surface area contributed by atoms with Gasteiger partial charge in [0, 0.05) is 6.54 Å². The summed E-state index contributed by atoms with van der Waals surface area (Å²) in [6, 6.07) is 3.78. The zero-order valence-corrected chi connectivity index (χ0v) is 19.3. The van der Waals surface area contributed by atoms with Crippen LogP contribution in [0.25, 0.3) is 0 Å². The average molecular weight is 447 g/mol. The summed E-state index contributed by atoms with van der Waals surface area (Å²) in [5, 5.41) is 8.48. The number of hydrogen-bond acceptors (Lipinski definition) is 7. The second-order valence-electron chi connectivity index (χ2n) is 7.72. The molecule has 1 aromatic carbocycles. The number of rotatable bonds is 11. The molecule has 1 aromatic heterocycles. The number of terminal acetylenes is 1. The van der Waals surface area contributed by atoms with E-state index in [1.165, 1.54) is 0 Å². The Kier molecular flexibility index (Phi) is 8.19. The average Bonchev–Trinajstić information content (AvgIpc) is 3.45. The molecule has 1 saturated carbocycles. The van der Waals surface area contributed by atoms with Crippen LogP contribution in [0.15, 0.2) is 16.7 Å². The van der Waals surface area contributed by atoms with Gasteiger partial charge in [-0.1, -0.05) is 49.4 Å². The van der Waals surface area contributed by atoms with Crippen molar-refractivity contribution in [3.8, 4) is 23.8 Å². The maximum Gasteiger partial charge on any atom is 0.240 e. The first kappa shape index (κ1) is 23.4. The minimum atomic E-state index is -0.302. The molecule has 3 rings (SSSR count). The van der Waals surface area contributed by atoms with Crippen LogP contribution in [0.5, 0.6) is 11.5 Å². The maximum atomic E-state index is 6.43. The molecule has 1 fully saturated rings. The summed E-state index contributed by atoms with van der Waals surface area (Å²) in [4.78, 5) is 6.99. The van der Waals surface area contributed by atoms with Crippen LogP contribution >= 0.6 is 11.6 Å². The molecule has 0 amide bonds. The number of ether oxygens (including phenoxy) is 2. The molecule has 0 aliphatic heterocycles. The third kappa shape index (κ3) is 5.51. The fraction of sp³-hybridized carbons (Fsp3) is 0.565. The van der Waals surface area contributed by atoms with Crippen LogP contribution in [0, 0.1) is 12.3 Å². The van der Waals surface area contributed by atoms with E-state index in [0.717, 1.165) is 50.2 Å². The van der Waals surface area contributed by atoms with Gasteiger partial charge in [-0.15, -0.1) is 6.42 Å². The van der Waals surface area contributed by atoms with Gasteiger partial charge >= 0.3 is 0 Å². The van der Waals surface area contributed by atoms with Crippen LogP contribution in [-0.4, -0.2) is 41.8 Å². The number of methoxy groups -OCH3 is 1. The van der Waals surface area contributed by atoms with E-state index in [1.54, 1.807) is 7.11 Å². The summed E-state index contributed by atoms with van der Waals surface area (Å²) in [6.45, 7) is 7.53. The topological polar surface area (TPSA) is 72.7 Å². The molecular weight excluding hydrogens is 416 g/mol. The Bertz CT molecular complexity index is 899. The number of nitrogens with zero attached hydrogens (tertiary/aromatic N) is 3. The van der Waals surface area contributed by atoms with Crippen molar-refractivity contribution in [2.24, 2.45) is 0 Å². The van der Waals surface area contributed by atoms with Crippen molar-refractivity contribution in [3.05, 3.63) is 34.4 Å². The second-order valence-corrected chi connectivity index (χ2v) is 8.12. The normalized spacial score (nSPS) is 15.2. The lowest BCUT2D eigenvalue weighted by molar-refractivity contribution is 0.243. The lowest BCUT2D eigenvalue weighted by atomic mass is 9.96. The fourth-order valence-corrected chi connectivity index (χ4v) is 4.30. The van der Waals surface area contributed by atoms with Crippen LogP contribution in [0.4, 0.5) is 0 Å². The third-order valence-corrected chi connectivity index (χ3v) is 6.11. The van der Waals surface area contributed by atoms with E-state index in [-0.39, 0.29) is 12.1 Å². The molecule has 168 valence electrons. The predicted molar refractivity (Wildman–Crippen MR) is 120 cm³/mol. The first-order valence-electron chi connectivity index (χ1n) is 10.8. The zero-order chi connectivity index (χ0) is 22.3. The van der Waals surface area contributed by atoms with Crippen molar-refractivity contribution in [3.63, 3.8) is 0 Å². The molecule has 0 spiro atoms.